The highest BCUT2D eigenvalue weighted by Gasteiger charge is 2.39. The molecule has 1 aromatic heterocycles. The van der Waals surface area contributed by atoms with E-state index in [1.165, 1.54) is 12.1 Å². The van der Waals surface area contributed by atoms with E-state index in [0.717, 1.165) is 11.4 Å². The summed E-state index contributed by atoms with van der Waals surface area (Å²) < 4.78 is 20.4. The van der Waals surface area contributed by atoms with Crippen molar-refractivity contribution in [2.45, 2.75) is 25.9 Å². The van der Waals surface area contributed by atoms with Crippen molar-refractivity contribution in [3.05, 3.63) is 47.0 Å². The van der Waals surface area contributed by atoms with Gasteiger partial charge >= 0.3 is 0 Å². The molecule has 1 N–H and O–H groups in total. The molecule has 0 radical (unpaired) electrons. The molecule has 6 nitrogen and oxygen atoms in total. The van der Waals surface area contributed by atoms with Gasteiger partial charge in [-0.3, -0.25) is 9.48 Å². The van der Waals surface area contributed by atoms with E-state index in [0.29, 0.717) is 24.3 Å². The summed E-state index contributed by atoms with van der Waals surface area (Å²) in [4.78, 5) is 14.0. The number of benzene rings is 1. The van der Waals surface area contributed by atoms with Crippen molar-refractivity contribution in [1.82, 2.24) is 14.7 Å². The molecular formula is C18H22FN3O3. The number of amides is 1. The van der Waals surface area contributed by atoms with Gasteiger partial charge in [-0.1, -0.05) is 12.1 Å². The highest BCUT2D eigenvalue weighted by Crippen LogP contribution is 2.32. The van der Waals surface area contributed by atoms with Crippen LogP contribution in [0.25, 0.3) is 0 Å². The minimum Gasteiger partial charge on any atom is -0.480 e. The minimum absolute atomic E-state index is 0.104. The van der Waals surface area contributed by atoms with Crippen LogP contribution in [0, 0.1) is 19.7 Å². The Morgan fingerprint density at radius 1 is 1.36 bits per heavy atom. The zero-order valence-corrected chi connectivity index (χ0v) is 14.6. The maximum atomic E-state index is 13.1. The van der Waals surface area contributed by atoms with E-state index < -0.39 is 5.60 Å². The number of nitrogens with zero attached hydrogens (tertiary/aromatic N) is 3. The Hall–Kier alpha value is -2.41. The predicted molar refractivity (Wildman–Crippen MR) is 89.7 cm³/mol. The lowest BCUT2D eigenvalue weighted by Crippen LogP contribution is -2.37. The fourth-order valence-electron chi connectivity index (χ4n) is 3.19. The lowest BCUT2D eigenvalue weighted by Gasteiger charge is -2.24. The Bertz CT molecular complexity index is 788. The predicted octanol–water partition coefficient (Wildman–Crippen LogP) is 1.67. The van der Waals surface area contributed by atoms with Crippen LogP contribution in [0.1, 0.15) is 23.4 Å². The number of likely N-dealkylation sites (tertiary alicyclic amines) is 1. The summed E-state index contributed by atoms with van der Waals surface area (Å²) >= 11 is 0. The number of carbonyl (C=O) groups is 1. The molecule has 1 aliphatic rings. The SMILES string of the molecule is Cc1nn(C)c(C)c1OCC(=O)N1CCC(O)(c2ccc(F)cc2)C1. The lowest BCUT2D eigenvalue weighted by molar-refractivity contribution is -0.133. The Balaban J connectivity index is 1.63. The average Bonchev–Trinajstić information content (AvgIpc) is 3.08. The molecule has 2 aromatic rings. The van der Waals surface area contributed by atoms with Gasteiger partial charge in [0.15, 0.2) is 12.4 Å². The quantitative estimate of drug-likeness (QED) is 0.914. The largest absolute Gasteiger partial charge is 0.480 e. The molecule has 25 heavy (non-hydrogen) atoms. The Morgan fingerprint density at radius 3 is 2.64 bits per heavy atom. The van der Waals surface area contributed by atoms with Gasteiger partial charge in [0, 0.05) is 13.6 Å². The van der Waals surface area contributed by atoms with Crippen molar-refractivity contribution in [1.29, 1.82) is 0 Å². The molecular weight excluding hydrogens is 325 g/mol. The second-order valence-corrected chi connectivity index (χ2v) is 6.52. The standard InChI is InChI=1S/C18H22FN3O3/c1-12-17(13(2)21(3)20-12)25-10-16(23)22-9-8-18(24,11-22)14-4-6-15(19)7-5-14/h4-7,24H,8-11H2,1-3H3. The first-order chi connectivity index (χ1) is 11.8. The molecule has 1 atom stereocenters. The van der Waals surface area contributed by atoms with Crippen LogP contribution in [0.15, 0.2) is 24.3 Å². The maximum absolute atomic E-state index is 13.1. The number of carbonyl (C=O) groups excluding carboxylic acids is 1. The first-order valence-electron chi connectivity index (χ1n) is 8.19. The van der Waals surface area contributed by atoms with E-state index in [9.17, 15) is 14.3 Å². The number of β-amino-alcohol motifs (C(OH)–C–C–N with tert-alkyl or cyclic N) is 1. The molecule has 7 heteroatoms. The van der Waals surface area contributed by atoms with Gasteiger partial charge in [0.25, 0.3) is 5.91 Å². The van der Waals surface area contributed by atoms with Gasteiger partial charge in [-0.2, -0.15) is 5.10 Å². The summed E-state index contributed by atoms with van der Waals surface area (Å²) in [6.45, 7) is 4.21. The highest BCUT2D eigenvalue weighted by molar-refractivity contribution is 5.78. The van der Waals surface area contributed by atoms with Gasteiger partial charge < -0.3 is 14.7 Å². The number of ether oxygens (including phenoxy) is 1. The second kappa shape index (κ2) is 6.48. The molecule has 1 saturated heterocycles. The van der Waals surface area contributed by atoms with E-state index in [4.69, 9.17) is 4.74 Å². The minimum atomic E-state index is -1.15. The molecule has 1 amide bonds. The molecule has 1 unspecified atom stereocenters. The Labute approximate surface area is 145 Å². The van der Waals surface area contributed by atoms with Gasteiger partial charge in [-0.15, -0.1) is 0 Å². The van der Waals surface area contributed by atoms with Crippen LogP contribution < -0.4 is 4.74 Å². The Kier molecular flexibility index (Phi) is 4.51. The molecule has 1 fully saturated rings. The van der Waals surface area contributed by atoms with Gasteiger partial charge in [0.1, 0.15) is 17.1 Å². The van der Waals surface area contributed by atoms with Crippen LogP contribution in [-0.4, -0.2) is 45.4 Å². The first kappa shape index (κ1) is 17.4. The summed E-state index contributed by atoms with van der Waals surface area (Å²) in [5, 5.41) is 15.0. The van der Waals surface area contributed by atoms with Crippen molar-refractivity contribution in [2.24, 2.45) is 7.05 Å². The first-order valence-corrected chi connectivity index (χ1v) is 8.19. The van der Waals surface area contributed by atoms with Crippen LogP contribution in [-0.2, 0) is 17.4 Å². The third kappa shape index (κ3) is 3.37. The summed E-state index contributed by atoms with van der Waals surface area (Å²) in [5.74, 6) is 0.0680. The van der Waals surface area contributed by atoms with Crippen LogP contribution >= 0.6 is 0 Å². The van der Waals surface area contributed by atoms with Crippen LogP contribution in [0.4, 0.5) is 4.39 Å². The van der Waals surface area contributed by atoms with Crippen molar-refractivity contribution in [3.63, 3.8) is 0 Å². The number of rotatable bonds is 4. The molecule has 2 heterocycles. The van der Waals surface area contributed by atoms with E-state index in [2.05, 4.69) is 5.10 Å². The number of halogens is 1. The zero-order chi connectivity index (χ0) is 18.2. The van der Waals surface area contributed by atoms with E-state index in [1.807, 2.05) is 20.9 Å². The fourth-order valence-corrected chi connectivity index (χ4v) is 3.19. The van der Waals surface area contributed by atoms with Crippen molar-refractivity contribution >= 4 is 5.91 Å². The average molecular weight is 347 g/mol. The molecule has 1 aromatic carbocycles. The third-order valence-electron chi connectivity index (χ3n) is 4.76. The molecule has 0 bridgehead atoms. The number of aryl methyl sites for hydroxylation is 2. The van der Waals surface area contributed by atoms with Crippen molar-refractivity contribution in [3.8, 4) is 5.75 Å². The van der Waals surface area contributed by atoms with Gasteiger partial charge in [-0.05, 0) is 38.0 Å². The molecule has 1 aliphatic heterocycles. The number of hydrogen-bond donors (Lipinski definition) is 1. The third-order valence-corrected chi connectivity index (χ3v) is 4.76. The summed E-state index contributed by atoms with van der Waals surface area (Å²) in [5.41, 5.74) is 1.05. The second-order valence-electron chi connectivity index (χ2n) is 6.52. The van der Waals surface area contributed by atoms with Crippen LogP contribution in [0.3, 0.4) is 0 Å². The molecule has 3 rings (SSSR count). The lowest BCUT2D eigenvalue weighted by atomic mass is 9.93. The highest BCUT2D eigenvalue weighted by atomic mass is 19.1. The van der Waals surface area contributed by atoms with Crippen molar-refractivity contribution in [2.75, 3.05) is 19.7 Å². The zero-order valence-electron chi connectivity index (χ0n) is 14.6. The molecule has 0 spiro atoms. The van der Waals surface area contributed by atoms with Gasteiger partial charge in [0.05, 0.1) is 12.2 Å². The summed E-state index contributed by atoms with van der Waals surface area (Å²) in [6.07, 6.45) is 0.412. The smallest absolute Gasteiger partial charge is 0.260 e. The van der Waals surface area contributed by atoms with Gasteiger partial charge in [0.2, 0.25) is 0 Å². The normalized spacial score (nSPS) is 20.1. The monoisotopic (exact) mass is 347 g/mol. The van der Waals surface area contributed by atoms with E-state index in [-0.39, 0.29) is 24.9 Å². The summed E-state index contributed by atoms with van der Waals surface area (Å²) in [7, 11) is 1.82. The molecule has 134 valence electrons. The maximum Gasteiger partial charge on any atom is 0.260 e. The number of aliphatic hydroxyl groups is 1. The summed E-state index contributed by atoms with van der Waals surface area (Å²) in [6, 6.07) is 5.74. The molecule has 0 aliphatic carbocycles. The molecule has 0 saturated carbocycles. The van der Waals surface area contributed by atoms with Crippen molar-refractivity contribution < 1.29 is 19.0 Å². The Morgan fingerprint density at radius 2 is 2.04 bits per heavy atom. The van der Waals surface area contributed by atoms with Crippen LogP contribution in [0.5, 0.6) is 5.75 Å². The fraction of sp³-hybridized carbons (Fsp3) is 0.444. The number of aromatic nitrogens is 2. The van der Waals surface area contributed by atoms with Crippen LogP contribution in [0.2, 0.25) is 0 Å². The van der Waals surface area contributed by atoms with E-state index in [1.54, 1.807) is 21.7 Å². The van der Waals surface area contributed by atoms with E-state index >= 15 is 0 Å². The topological polar surface area (TPSA) is 67.6 Å². The number of hydrogen-bond acceptors (Lipinski definition) is 4. The van der Waals surface area contributed by atoms with Gasteiger partial charge in [-0.25, -0.2) is 4.39 Å².